The molecule has 1 rings (SSSR count). The van der Waals surface area contributed by atoms with Crippen LogP contribution in [0.5, 0.6) is 0 Å². The fourth-order valence-corrected chi connectivity index (χ4v) is 1.18. The number of benzene rings is 1. The number of hydrogen-bond donors (Lipinski definition) is 0. The zero-order valence-corrected chi connectivity index (χ0v) is 7.99. The van der Waals surface area contributed by atoms with Crippen LogP contribution in [-0.2, 0) is 4.79 Å². The standard InChI is InChI=1S/C7H2BrClFNO/c8-4-1-2-5(10)7(6(4)9)11-3-12/h1-2H. The van der Waals surface area contributed by atoms with Crippen molar-refractivity contribution in [3.63, 3.8) is 0 Å². The summed E-state index contributed by atoms with van der Waals surface area (Å²) >= 11 is 8.68. The van der Waals surface area contributed by atoms with E-state index < -0.39 is 5.82 Å². The van der Waals surface area contributed by atoms with E-state index in [9.17, 15) is 9.18 Å². The molecule has 0 heterocycles. The first-order valence-corrected chi connectivity index (χ1v) is 4.05. The lowest BCUT2D eigenvalue weighted by molar-refractivity contribution is 0.564. The summed E-state index contributed by atoms with van der Waals surface area (Å²) in [6, 6.07) is 2.59. The van der Waals surface area contributed by atoms with Gasteiger partial charge < -0.3 is 0 Å². The van der Waals surface area contributed by atoms with Gasteiger partial charge in [0.25, 0.3) is 0 Å². The van der Waals surface area contributed by atoms with Crippen LogP contribution >= 0.6 is 27.5 Å². The Morgan fingerprint density at radius 1 is 1.58 bits per heavy atom. The van der Waals surface area contributed by atoms with Crippen LogP contribution in [-0.4, -0.2) is 6.08 Å². The summed E-state index contributed by atoms with van der Waals surface area (Å²) in [5.74, 6) is -0.647. The first-order chi connectivity index (χ1) is 5.66. The third-order valence-corrected chi connectivity index (χ3v) is 2.45. The molecule has 5 heteroatoms. The van der Waals surface area contributed by atoms with Crippen molar-refractivity contribution in [3.05, 3.63) is 27.4 Å². The smallest absolute Gasteiger partial charge is 0.211 e. The van der Waals surface area contributed by atoms with Gasteiger partial charge in [0.2, 0.25) is 6.08 Å². The number of carbonyl (C=O) groups excluding carboxylic acids is 1. The maximum Gasteiger partial charge on any atom is 0.240 e. The number of isocyanates is 1. The molecule has 12 heavy (non-hydrogen) atoms. The predicted octanol–water partition coefficient (Wildman–Crippen LogP) is 3.21. The monoisotopic (exact) mass is 249 g/mol. The summed E-state index contributed by atoms with van der Waals surface area (Å²) in [4.78, 5) is 13.0. The highest BCUT2D eigenvalue weighted by atomic mass is 79.9. The van der Waals surface area contributed by atoms with Gasteiger partial charge in [-0.1, -0.05) is 11.6 Å². The van der Waals surface area contributed by atoms with Gasteiger partial charge in [0.05, 0.1) is 5.02 Å². The summed E-state index contributed by atoms with van der Waals surface area (Å²) in [5.41, 5.74) is -0.193. The van der Waals surface area contributed by atoms with Gasteiger partial charge in [-0.25, -0.2) is 9.18 Å². The van der Waals surface area contributed by atoms with Crippen molar-refractivity contribution in [2.75, 3.05) is 0 Å². The zero-order valence-electron chi connectivity index (χ0n) is 5.64. The molecule has 0 aliphatic carbocycles. The number of rotatable bonds is 1. The summed E-state index contributed by atoms with van der Waals surface area (Å²) in [5, 5.41) is 0.0679. The van der Waals surface area contributed by atoms with Crippen LogP contribution in [0.2, 0.25) is 5.02 Å². The van der Waals surface area contributed by atoms with E-state index in [0.717, 1.165) is 6.07 Å². The third kappa shape index (κ3) is 1.72. The molecule has 0 saturated heterocycles. The Balaban J connectivity index is 3.42. The van der Waals surface area contributed by atoms with Gasteiger partial charge in [-0.2, -0.15) is 4.99 Å². The van der Waals surface area contributed by atoms with E-state index in [1.807, 2.05) is 0 Å². The van der Waals surface area contributed by atoms with Gasteiger partial charge in [-0.05, 0) is 28.1 Å². The Kier molecular flexibility index (Phi) is 2.98. The second-order valence-corrected chi connectivity index (χ2v) is 3.13. The molecule has 0 fully saturated rings. The van der Waals surface area contributed by atoms with Crippen LogP contribution in [0.3, 0.4) is 0 Å². The Labute approximate surface area is 81.2 Å². The van der Waals surface area contributed by atoms with Crippen molar-refractivity contribution in [2.45, 2.75) is 0 Å². The Morgan fingerprint density at radius 3 is 2.83 bits per heavy atom. The molecule has 62 valence electrons. The lowest BCUT2D eigenvalue weighted by Gasteiger charge is -1.99. The van der Waals surface area contributed by atoms with Gasteiger partial charge in [-0.15, -0.1) is 0 Å². The lowest BCUT2D eigenvalue weighted by atomic mass is 10.3. The zero-order chi connectivity index (χ0) is 9.14. The van der Waals surface area contributed by atoms with Gasteiger partial charge in [-0.3, -0.25) is 0 Å². The Hall–Kier alpha value is -0.700. The van der Waals surface area contributed by atoms with E-state index in [-0.39, 0.29) is 10.7 Å². The van der Waals surface area contributed by atoms with Gasteiger partial charge in [0.1, 0.15) is 5.69 Å². The fraction of sp³-hybridized carbons (Fsp3) is 0. The number of nitrogens with zero attached hydrogens (tertiary/aromatic N) is 1. The summed E-state index contributed by atoms with van der Waals surface area (Å²) in [6.45, 7) is 0. The molecule has 0 bridgehead atoms. The first kappa shape index (κ1) is 9.39. The fourth-order valence-electron chi connectivity index (χ4n) is 0.665. The first-order valence-electron chi connectivity index (χ1n) is 2.88. The maximum absolute atomic E-state index is 12.8. The van der Waals surface area contributed by atoms with Gasteiger partial charge in [0, 0.05) is 4.47 Å². The maximum atomic E-state index is 12.8. The average Bonchev–Trinajstić information content (AvgIpc) is 2.06. The van der Waals surface area contributed by atoms with Crippen LogP contribution in [0.4, 0.5) is 10.1 Å². The molecule has 0 spiro atoms. The minimum absolute atomic E-state index is 0.0679. The molecule has 0 unspecified atom stereocenters. The number of aliphatic imine (C=N–C) groups is 1. The SMILES string of the molecule is O=C=Nc1c(F)ccc(Br)c1Cl. The van der Waals surface area contributed by atoms with Crippen molar-refractivity contribution < 1.29 is 9.18 Å². The molecule has 0 aliphatic heterocycles. The lowest BCUT2D eigenvalue weighted by Crippen LogP contribution is -1.78. The molecule has 0 aliphatic rings. The quantitative estimate of drug-likeness (QED) is 0.427. The Bertz CT molecular complexity index is 363. The van der Waals surface area contributed by atoms with Crippen molar-refractivity contribution in [1.82, 2.24) is 0 Å². The average molecular weight is 250 g/mol. The summed E-state index contributed by atoms with van der Waals surface area (Å²) in [6.07, 6.45) is 1.22. The molecule has 1 aromatic carbocycles. The van der Waals surface area contributed by atoms with Gasteiger partial charge in [0.15, 0.2) is 5.82 Å². The van der Waals surface area contributed by atoms with E-state index in [2.05, 4.69) is 20.9 Å². The molecule has 2 nitrogen and oxygen atoms in total. The number of halogens is 3. The molecule has 0 atom stereocenters. The summed E-state index contributed by atoms with van der Waals surface area (Å²) < 4.78 is 13.3. The molecule has 0 radical (unpaired) electrons. The normalized spacial score (nSPS) is 9.25. The second kappa shape index (κ2) is 3.81. The van der Waals surface area contributed by atoms with E-state index >= 15 is 0 Å². The van der Waals surface area contributed by atoms with Crippen molar-refractivity contribution in [2.24, 2.45) is 4.99 Å². The minimum Gasteiger partial charge on any atom is -0.211 e. The minimum atomic E-state index is -0.647. The molecule has 0 saturated carbocycles. The van der Waals surface area contributed by atoms with Gasteiger partial charge >= 0.3 is 0 Å². The summed E-state index contributed by atoms with van der Waals surface area (Å²) in [7, 11) is 0. The van der Waals surface area contributed by atoms with E-state index in [4.69, 9.17) is 11.6 Å². The highest BCUT2D eigenvalue weighted by molar-refractivity contribution is 9.10. The van der Waals surface area contributed by atoms with Crippen molar-refractivity contribution in [1.29, 1.82) is 0 Å². The molecule has 0 N–H and O–H groups in total. The van der Waals surface area contributed by atoms with Crippen LogP contribution in [0.25, 0.3) is 0 Å². The molecular formula is C7H2BrClFNO. The van der Waals surface area contributed by atoms with E-state index in [1.165, 1.54) is 12.1 Å². The highest BCUT2D eigenvalue weighted by Crippen LogP contribution is 2.34. The Morgan fingerprint density at radius 2 is 2.25 bits per heavy atom. The molecular weight excluding hydrogens is 248 g/mol. The predicted molar refractivity (Wildman–Crippen MR) is 46.9 cm³/mol. The highest BCUT2D eigenvalue weighted by Gasteiger charge is 2.08. The van der Waals surface area contributed by atoms with Crippen molar-refractivity contribution >= 4 is 39.3 Å². The van der Waals surface area contributed by atoms with E-state index in [0.29, 0.717) is 4.47 Å². The van der Waals surface area contributed by atoms with Crippen LogP contribution in [0.15, 0.2) is 21.6 Å². The van der Waals surface area contributed by atoms with E-state index in [1.54, 1.807) is 0 Å². The van der Waals surface area contributed by atoms with Crippen LogP contribution in [0, 0.1) is 5.82 Å². The number of hydrogen-bond acceptors (Lipinski definition) is 2. The molecule has 1 aromatic rings. The third-order valence-electron chi connectivity index (χ3n) is 1.18. The van der Waals surface area contributed by atoms with Crippen LogP contribution in [0.1, 0.15) is 0 Å². The van der Waals surface area contributed by atoms with Crippen LogP contribution < -0.4 is 0 Å². The molecule has 0 aromatic heterocycles. The largest absolute Gasteiger partial charge is 0.240 e. The topological polar surface area (TPSA) is 29.4 Å². The second-order valence-electron chi connectivity index (χ2n) is 1.89. The molecule has 0 amide bonds. The van der Waals surface area contributed by atoms with Crippen molar-refractivity contribution in [3.8, 4) is 0 Å².